The highest BCUT2D eigenvalue weighted by Crippen LogP contribution is 2.13. The monoisotopic (exact) mass is 206 g/mol. The van der Waals surface area contributed by atoms with Crippen LogP contribution in [0.4, 0.5) is 5.69 Å². The minimum absolute atomic E-state index is 0.112. The number of hydrogen-bond acceptors (Lipinski definition) is 3. The molecule has 15 heavy (non-hydrogen) atoms. The van der Waals surface area contributed by atoms with E-state index >= 15 is 0 Å². The van der Waals surface area contributed by atoms with Crippen molar-refractivity contribution >= 4 is 11.5 Å². The van der Waals surface area contributed by atoms with Crippen LogP contribution in [0, 0.1) is 5.92 Å². The highest BCUT2D eigenvalue weighted by molar-refractivity contribution is 5.86. The summed E-state index contributed by atoms with van der Waals surface area (Å²) in [5.41, 5.74) is 0.901. The van der Waals surface area contributed by atoms with E-state index < -0.39 is 0 Å². The first-order chi connectivity index (χ1) is 7.15. The highest BCUT2D eigenvalue weighted by Gasteiger charge is 2.19. The van der Waals surface area contributed by atoms with Crippen molar-refractivity contribution in [2.45, 2.75) is 33.2 Å². The first-order valence-electron chi connectivity index (χ1n) is 5.34. The number of pyridine rings is 1. The van der Waals surface area contributed by atoms with Crippen molar-refractivity contribution in [2.24, 2.45) is 5.92 Å². The topological polar surface area (TPSA) is 42.0 Å². The van der Waals surface area contributed by atoms with Crippen LogP contribution in [0.15, 0.2) is 24.5 Å². The zero-order valence-corrected chi connectivity index (χ0v) is 9.53. The van der Waals surface area contributed by atoms with Crippen molar-refractivity contribution in [2.75, 3.05) is 5.32 Å². The van der Waals surface area contributed by atoms with Crippen LogP contribution < -0.4 is 5.32 Å². The van der Waals surface area contributed by atoms with Crippen molar-refractivity contribution in [3.05, 3.63) is 24.5 Å². The second-order valence-corrected chi connectivity index (χ2v) is 3.93. The fourth-order valence-corrected chi connectivity index (χ4v) is 1.47. The van der Waals surface area contributed by atoms with Gasteiger partial charge in [0.2, 0.25) is 0 Å². The Morgan fingerprint density at radius 3 is 2.73 bits per heavy atom. The van der Waals surface area contributed by atoms with E-state index in [1.54, 1.807) is 12.4 Å². The van der Waals surface area contributed by atoms with E-state index in [0.29, 0.717) is 6.42 Å². The molecule has 1 N–H and O–H groups in total. The molecule has 0 spiro atoms. The fraction of sp³-hybridized carbons (Fsp3) is 0.500. The molecular formula is C12H18N2O. The zero-order valence-electron chi connectivity index (χ0n) is 9.53. The molecule has 1 heterocycles. The van der Waals surface area contributed by atoms with Crippen LogP contribution in [-0.4, -0.2) is 16.8 Å². The Hall–Kier alpha value is -1.38. The smallest absolute Gasteiger partial charge is 0.154 e. The van der Waals surface area contributed by atoms with Gasteiger partial charge in [-0.15, -0.1) is 0 Å². The van der Waals surface area contributed by atoms with E-state index in [2.05, 4.69) is 10.3 Å². The molecule has 0 aliphatic rings. The molecule has 1 aromatic rings. The zero-order chi connectivity index (χ0) is 11.3. The van der Waals surface area contributed by atoms with Crippen molar-refractivity contribution in [1.29, 1.82) is 0 Å². The lowest BCUT2D eigenvalue weighted by Gasteiger charge is -2.21. The summed E-state index contributed by atoms with van der Waals surface area (Å²) < 4.78 is 0. The summed E-state index contributed by atoms with van der Waals surface area (Å²) in [6.45, 7) is 5.98. The van der Waals surface area contributed by atoms with Crippen LogP contribution >= 0.6 is 0 Å². The summed E-state index contributed by atoms with van der Waals surface area (Å²) in [7, 11) is 0. The number of hydrogen-bond donors (Lipinski definition) is 1. The van der Waals surface area contributed by atoms with Gasteiger partial charge in [-0.05, 0) is 18.1 Å². The second-order valence-electron chi connectivity index (χ2n) is 3.93. The third kappa shape index (κ3) is 3.35. The van der Waals surface area contributed by atoms with E-state index in [0.717, 1.165) is 5.69 Å². The molecule has 0 saturated carbocycles. The van der Waals surface area contributed by atoms with E-state index in [1.807, 2.05) is 32.9 Å². The molecule has 1 atom stereocenters. The van der Waals surface area contributed by atoms with Gasteiger partial charge in [0, 0.05) is 18.8 Å². The molecule has 1 unspecified atom stereocenters. The summed E-state index contributed by atoms with van der Waals surface area (Å²) in [5.74, 6) is 0.534. The number of nitrogens with zero attached hydrogens (tertiary/aromatic N) is 1. The van der Waals surface area contributed by atoms with Gasteiger partial charge in [-0.1, -0.05) is 20.8 Å². The van der Waals surface area contributed by atoms with E-state index in [-0.39, 0.29) is 17.7 Å². The first-order valence-corrected chi connectivity index (χ1v) is 5.34. The Morgan fingerprint density at radius 1 is 1.53 bits per heavy atom. The molecule has 0 bridgehead atoms. The van der Waals surface area contributed by atoms with E-state index in [1.165, 1.54) is 0 Å². The van der Waals surface area contributed by atoms with Crippen molar-refractivity contribution < 1.29 is 4.79 Å². The number of anilines is 1. The normalized spacial score (nSPS) is 12.5. The van der Waals surface area contributed by atoms with Gasteiger partial charge in [-0.2, -0.15) is 0 Å². The van der Waals surface area contributed by atoms with Crippen LogP contribution in [-0.2, 0) is 4.79 Å². The van der Waals surface area contributed by atoms with Crippen LogP contribution in [0.1, 0.15) is 27.2 Å². The molecule has 0 aromatic carbocycles. The number of nitrogens with one attached hydrogen (secondary N) is 1. The van der Waals surface area contributed by atoms with Gasteiger partial charge in [0.15, 0.2) is 5.78 Å². The number of rotatable bonds is 5. The number of carbonyl (C=O) groups excluding carboxylic acids is 1. The number of carbonyl (C=O) groups is 1. The van der Waals surface area contributed by atoms with E-state index in [4.69, 9.17) is 0 Å². The third-order valence-corrected chi connectivity index (χ3v) is 2.35. The van der Waals surface area contributed by atoms with Gasteiger partial charge in [-0.3, -0.25) is 9.78 Å². The van der Waals surface area contributed by atoms with Crippen molar-refractivity contribution in [1.82, 2.24) is 4.98 Å². The van der Waals surface area contributed by atoms with Crippen molar-refractivity contribution in [3.63, 3.8) is 0 Å². The molecule has 0 fully saturated rings. The fourth-order valence-electron chi connectivity index (χ4n) is 1.47. The first kappa shape index (κ1) is 11.7. The van der Waals surface area contributed by atoms with Crippen molar-refractivity contribution in [3.8, 4) is 0 Å². The highest BCUT2D eigenvalue weighted by atomic mass is 16.1. The average molecular weight is 206 g/mol. The molecule has 0 aliphatic carbocycles. The lowest BCUT2D eigenvalue weighted by molar-refractivity contribution is -0.120. The quantitative estimate of drug-likeness (QED) is 0.804. The Morgan fingerprint density at radius 2 is 2.27 bits per heavy atom. The lowest BCUT2D eigenvalue weighted by Crippen LogP contribution is -2.34. The molecule has 3 nitrogen and oxygen atoms in total. The van der Waals surface area contributed by atoms with Gasteiger partial charge in [-0.25, -0.2) is 0 Å². The third-order valence-electron chi connectivity index (χ3n) is 2.35. The predicted molar refractivity (Wildman–Crippen MR) is 61.8 cm³/mol. The molecule has 3 heteroatoms. The van der Waals surface area contributed by atoms with Crippen LogP contribution in [0.5, 0.6) is 0 Å². The number of ketones is 1. The van der Waals surface area contributed by atoms with Crippen LogP contribution in [0.3, 0.4) is 0 Å². The maximum absolute atomic E-state index is 11.7. The van der Waals surface area contributed by atoms with Gasteiger partial charge < -0.3 is 5.32 Å². The SMILES string of the molecule is CCC(=O)C(Nc1cccnc1)C(C)C. The Kier molecular flexibility index (Phi) is 4.28. The standard InChI is InChI=1S/C12H18N2O/c1-4-11(15)12(9(2)3)14-10-6-5-7-13-8-10/h5-9,12,14H,4H2,1-3H3. The van der Waals surface area contributed by atoms with Crippen LogP contribution in [0.25, 0.3) is 0 Å². The molecule has 0 radical (unpaired) electrons. The molecule has 0 aliphatic heterocycles. The summed E-state index contributed by atoms with van der Waals surface area (Å²) in [6.07, 6.45) is 4.02. The Bertz CT molecular complexity index is 309. The van der Waals surface area contributed by atoms with E-state index in [9.17, 15) is 4.79 Å². The minimum atomic E-state index is -0.112. The maximum atomic E-state index is 11.7. The Balaban J connectivity index is 2.72. The second kappa shape index (κ2) is 5.49. The Labute approximate surface area is 90.9 Å². The van der Waals surface area contributed by atoms with Crippen LogP contribution in [0.2, 0.25) is 0 Å². The number of Topliss-reactive ketones (excluding diaryl/α,β-unsaturated/α-hetero) is 1. The molecule has 0 amide bonds. The molecule has 1 rings (SSSR count). The minimum Gasteiger partial charge on any atom is -0.374 e. The predicted octanol–water partition coefficient (Wildman–Crippen LogP) is 2.50. The van der Waals surface area contributed by atoms with Gasteiger partial charge in [0.05, 0.1) is 11.7 Å². The largest absolute Gasteiger partial charge is 0.374 e. The summed E-state index contributed by atoms with van der Waals surface area (Å²) >= 11 is 0. The molecule has 0 saturated heterocycles. The number of aromatic nitrogens is 1. The summed E-state index contributed by atoms with van der Waals surface area (Å²) in [6, 6.07) is 3.67. The average Bonchev–Trinajstić information content (AvgIpc) is 2.26. The van der Waals surface area contributed by atoms with Gasteiger partial charge in [0.1, 0.15) is 0 Å². The van der Waals surface area contributed by atoms with Gasteiger partial charge in [0.25, 0.3) is 0 Å². The molecular weight excluding hydrogens is 188 g/mol. The maximum Gasteiger partial charge on any atom is 0.154 e. The summed E-state index contributed by atoms with van der Waals surface area (Å²) in [5, 5.41) is 3.22. The molecule has 1 aromatic heterocycles. The summed E-state index contributed by atoms with van der Waals surface area (Å²) in [4.78, 5) is 15.7. The van der Waals surface area contributed by atoms with Gasteiger partial charge >= 0.3 is 0 Å². The molecule has 82 valence electrons. The lowest BCUT2D eigenvalue weighted by atomic mass is 9.98.